The van der Waals surface area contributed by atoms with Gasteiger partial charge >= 0.3 is 0 Å². The fraction of sp³-hybridized carbons (Fsp3) is 0.381. The summed E-state index contributed by atoms with van der Waals surface area (Å²) in [7, 11) is 0. The van der Waals surface area contributed by atoms with Crippen LogP contribution in [0.15, 0.2) is 54.9 Å². The van der Waals surface area contributed by atoms with E-state index in [9.17, 15) is 9.59 Å². The molecule has 1 atom stereocenters. The van der Waals surface area contributed by atoms with Gasteiger partial charge in [-0.05, 0) is 23.3 Å². The van der Waals surface area contributed by atoms with E-state index in [2.05, 4.69) is 15.2 Å². The molecule has 0 aliphatic carbocycles. The van der Waals surface area contributed by atoms with Gasteiger partial charge in [-0.2, -0.15) is 0 Å². The van der Waals surface area contributed by atoms with Crippen molar-refractivity contribution in [1.82, 2.24) is 20.1 Å². The van der Waals surface area contributed by atoms with Gasteiger partial charge in [-0.3, -0.25) is 19.5 Å². The Morgan fingerprint density at radius 1 is 1.04 bits per heavy atom. The van der Waals surface area contributed by atoms with E-state index in [1.807, 2.05) is 47.4 Å². The number of hydrogen-bond acceptors (Lipinski definition) is 4. The van der Waals surface area contributed by atoms with Gasteiger partial charge in [-0.1, -0.05) is 30.3 Å². The van der Waals surface area contributed by atoms with Crippen LogP contribution in [0.5, 0.6) is 0 Å². The Morgan fingerprint density at radius 3 is 2.52 bits per heavy atom. The number of carbonyl (C=O) groups excluding carboxylic acids is 2. The molecule has 0 spiro atoms. The normalized spacial score (nSPS) is 20.5. The summed E-state index contributed by atoms with van der Waals surface area (Å²) in [5.74, 6) is -0.165. The van der Waals surface area contributed by atoms with Gasteiger partial charge in [0.15, 0.2) is 0 Å². The van der Waals surface area contributed by atoms with Crippen LogP contribution in [0.25, 0.3) is 0 Å². The summed E-state index contributed by atoms with van der Waals surface area (Å²) in [4.78, 5) is 33.1. The van der Waals surface area contributed by atoms with Gasteiger partial charge in [0, 0.05) is 51.5 Å². The third-order valence-corrected chi connectivity index (χ3v) is 5.37. The highest BCUT2D eigenvalue weighted by Gasteiger charge is 2.41. The number of nitrogens with zero attached hydrogens (tertiary/aromatic N) is 3. The lowest BCUT2D eigenvalue weighted by molar-refractivity contribution is -0.133. The second-order valence-electron chi connectivity index (χ2n) is 7.35. The molecule has 3 heterocycles. The standard InChI is InChI=1S/C21H24N4O2/c26-20-10-18(21(27)23-11-16-4-2-1-3-5-16)13-25(20)19-14-24(15-19)12-17-6-8-22-9-7-17/h1-9,18-19H,10-15H2,(H,23,27). The second-order valence-corrected chi connectivity index (χ2v) is 7.35. The molecule has 0 saturated carbocycles. The van der Waals surface area contributed by atoms with Crippen LogP contribution < -0.4 is 5.32 Å². The molecule has 6 heteroatoms. The zero-order valence-corrected chi connectivity index (χ0v) is 15.3. The topological polar surface area (TPSA) is 65.5 Å². The van der Waals surface area contributed by atoms with Gasteiger partial charge in [0.25, 0.3) is 0 Å². The van der Waals surface area contributed by atoms with Crippen molar-refractivity contribution in [3.05, 3.63) is 66.0 Å². The van der Waals surface area contributed by atoms with Gasteiger partial charge in [-0.15, -0.1) is 0 Å². The summed E-state index contributed by atoms with van der Waals surface area (Å²) in [6.07, 6.45) is 3.92. The lowest BCUT2D eigenvalue weighted by Crippen LogP contribution is -2.59. The molecular formula is C21H24N4O2. The molecule has 0 bridgehead atoms. The average molecular weight is 364 g/mol. The Balaban J connectivity index is 1.24. The third-order valence-electron chi connectivity index (χ3n) is 5.37. The number of pyridine rings is 1. The van der Waals surface area contributed by atoms with Crippen molar-refractivity contribution in [2.24, 2.45) is 5.92 Å². The largest absolute Gasteiger partial charge is 0.352 e. The first-order valence-electron chi connectivity index (χ1n) is 9.41. The van der Waals surface area contributed by atoms with E-state index in [0.29, 0.717) is 19.5 Å². The number of rotatable bonds is 6. The van der Waals surface area contributed by atoms with Crippen molar-refractivity contribution in [2.45, 2.75) is 25.6 Å². The number of amides is 2. The first-order chi connectivity index (χ1) is 13.2. The first-order valence-corrected chi connectivity index (χ1v) is 9.41. The van der Waals surface area contributed by atoms with Gasteiger partial charge < -0.3 is 10.2 Å². The van der Waals surface area contributed by atoms with Crippen LogP contribution in [0, 0.1) is 5.92 Å². The predicted molar refractivity (Wildman–Crippen MR) is 101 cm³/mol. The molecule has 1 N–H and O–H groups in total. The summed E-state index contributed by atoms with van der Waals surface area (Å²) in [6, 6.07) is 14.1. The first kappa shape index (κ1) is 17.7. The molecule has 2 aliphatic heterocycles. The molecule has 2 amide bonds. The van der Waals surface area contributed by atoms with Crippen LogP contribution in [-0.4, -0.2) is 52.3 Å². The highest BCUT2D eigenvalue weighted by Crippen LogP contribution is 2.26. The van der Waals surface area contributed by atoms with Crippen molar-refractivity contribution in [1.29, 1.82) is 0 Å². The van der Waals surface area contributed by atoms with Crippen LogP contribution in [0.1, 0.15) is 17.5 Å². The fourth-order valence-corrected chi connectivity index (χ4v) is 3.80. The van der Waals surface area contributed by atoms with E-state index in [-0.39, 0.29) is 23.8 Å². The van der Waals surface area contributed by atoms with Gasteiger partial charge in [-0.25, -0.2) is 0 Å². The Labute approximate surface area is 159 Å². The van der Waals surface area contributed by atoms with E-state index >= 15 is 0 Å². The second kappa shape index (κ2) is 7.88. The highest BCUT2D eigenvalue weighted by atomic mass is 16.2. The van der Waals surface area contributed by atoms with Crippen molar-refractivity contribution in [3.8, 4) is 0 Å². The number of carbonyl (C=O) groups is 2. The number of hydrogen-bond donors (Lipinski definition) is 1. The van der Waals surface area contributed by atoms with Crippen molar-refractivity contribution in [3.63, 3.8) is 0 Å². The molecule has 2 saturated heterocycles. The van der Waals surface area contributed by atoms with Crippen LogP contribution in [-0.2, 0) is 22.7 Å². The minimum atomic E-state index is -0.240. The van der Waals surface area contributed by atoms with Gasteiger partial charge in [0.1, 0.15) is 0 Å². The smallest absolute Gasteiger partial charge is 0.225 e. The van der Waals surface area contributed by atoms with Gasteiger partial charge in [0.2, 0.25) is 11.8 Å². The van der Waals surface area contributed by atoms with Crippen molar-refractivity contribution in [2.75, 3.05) is 19.6 Å². The molecule has 2 aromatic rings. The molecular weight excluding hydrogens is 340 g/mol. The maximum absolute atomic E-state index is 12.4. The van der Waals surface area contributed by atoms with E-state index < -0.39 is 0 Å². The molecule has 2 aliphatic rings. The Kier molecular flexibility index (Phi) is 5.16. The van der Waals surface area contributed by atoms with Gasteiger partial charge in [0.05, 0.1) is 12.0 Å². The molecule has 140 valence electrons. The summed E-state index contributed by atoms with van der Waals surface area (Å²) < 4.78 is 0. The minimum absolute atomic E-state index is 0.0253. The quantitative estimate of drug-likeness (QED) is 0.842. The van der Waals surface area contributed by atoms with E-state index in [1.165, 1.54) is 5.56 Å². The third kappa shape index (κ3) is 4.17. The van der Waals surface area contributed by atoms with Crippen molar-refractivity contribution < 1.29 is 9.59 Å². The van der Waals surface area contributed by atoms with Crippen molar-refractivity contribution >= 4 is 11.8 Å². The van der Waals surface area contributed by atoms with Crippen LogP contribution in [0.4, 0.5) is 0 Å². The maximum Gasteiger partial charge on any atom is 0.225 e. The Hall–Kier alpha value is -2.73. The number of likely N-dealkylation sites (tertiary alicyclic amines) is 2. The minimum Gasteiger partial charge on any atom is -0.352 e. The van der Waals surface area contributed by atoms with Crippen LogP contribution in [0.3, 0.4) is 0 Å². The molecule has 2 fully saturated rings. The Bertz CT molecular complexity index is 790. The molecule has 1 aromatic carbocycles. The van der Waals surface area contributed by atoms with E-state index in [0.717, 1.165) is 25.2 Å². The fourth-order valence-electron chi connectivity index (χ4n) is 3.80. The number of nitrogens with one attached hydrogen (secondary N) is 1. The molecule has 0 radical (unpaired) electrons. The number of aromatic nitrogens is 1. The summed E-state index contributed by atoms with van der Waals surface area (Å²) in [6.45, 7) is 3.65. The monoisotopic (exact) mass is 364 g/mol. The van der Waals surface area contributed by atoms with Crippen LogP contribution in [0.2, 0.25) is 0 Å². The molecule has 6 nitrogen and oxygen atoms in total. The zero-order valence-electron chi connectivity index (χ0n) is 15.3. The van der Waals surface area contributed by atoms with Crippen LogP contribution >= 0.6 is 0 Å². The molecule has 1 aromatic heterocycles. The predicted octanol–water partition coefficient (Wildman–Crippen LogP) is 1.43. The lowest BCUT2D eigenvalue weighted by atomic mass is 10.1. The molecule has 27 heavy (non-hydrogen) atoms. The average Bonchev–Trinajstić information content (AvgIpc) is 3.05. The summed E-state index contributed by atoms with van der Waals surface area (Å²) in [5, 5.41) is 2.96. The summed E-state index contributed by atoms with van der Waals surface area (Å²) in [5.41, 5.74) is 2.30. The number of benzene rings is 1. The maximum atomic E-state index is 12.4. The van der Waals surface area contributed by atoms with E-state index in [1.54, 1.807) is 12.4 Å². The zero-order chi connectivity index (χ0) is 18.6. The SMILES string of the molecule is O=C(NCc1ccccc1)C1CC(=O)N(C2CN(Cc3ccncc3)C2)C1. The molecule has 4 rings (SSSR count). The lowest BCUT2D eigenvalue weighted by Gasteiger charge is -2.44. The molecule has 1 unspecified atom stereocenters. The summed E-state index contributed by atoms with van der Waals surface area (Å²) >= 11 is 0. The highest BCUT2D eigenvalue weighted by molar-refractivity contribution is 5.89. The Morgan fingerprint density at radius 2 is 1.78 bits per heavy atom. The van der Waals surface area contributed by atoms with E-state index in [4.69, 9.17) is 0 Å².